The van der Waals surface area contributed by atoms with Crippen molar-refractivity contribution in [1.29, 1.82) is 0 Å². The van der Waals surface area contributed by atoms with Crippen LogP contribution in [0, 0.1) is 5.82 Å². The van der Waals surface area contributed by atoms with Gasteiger partial charge in [0, 0.05) is 68.3 Å². The molecular formula is C27H32FN7O3. The molecule has 1 aromatic carbocycles. The Morgan fingerprint density at radius 1 is 1.16 bits per heavy atom. The number of piperazine rings is 1. The van der Waals surface area contributed by atoms with Crippen LogP contribution < -0.4 is 15.1 Å². The lowest BCUT2D eigenvalue weighted by atomic mass is 10.1. The van der Waals surface area contributed by atoms with Gasteiger partial charge in [-0.2, -0.15) is 5.10 Å². The average molecular weight is 522 g/mol. The lowest BCUT2D eigenvalue weighted by Gasteiger charge is -2.43. The number of carbonyl (C=O) groups excluding carboxylic acids is 2. The molecule has 0 radical (unpaired) electrons. The molecule has 3 aromatic rings. The SMILES string of the molecule is Cn1cc2cc(NC(=O)N3CCc4c(N5CCN(C(=O)OC(C)(C)C)C6(CC6)C5)ccnc43)c(F)cc2n1. The Morgan fingerprint density at radius 3 is 2.68 bits per heavy atom. The number of fused-ring (bicyclic) bond motifs is 2. The number of nitrogens with one attached hydrogen (secondary N) is 1. The van der Waals surface area contributed by atoms with Crippen LogP contribution in [0.15, 0.2) is 30.6 Å². The lowest BCUT2D eigenvalue weighted by Crippen LogP contribution is -2.58. The van der Waals surface area contributed by atoms with E-state index in [1.54, 1.807) is 35.1 Å². The fourth-order valence-corrected chi connectivity index (χ4v) is 5.57. The monoisotopic (exact) mass is 521 g/mol. The van der Waals surface area contributed by atoms with Gasteiger partial charge >= 0.3 is 12.1 Å². The zero-order valence-corrected chi connectivity index (χ0v) is 22.1. The number of aryl methyl sites for hydroxylation is 1. The van der Waals surface area contributed by atoms with Crippen LogP contribution in [0.3, 0.4) is 0 Å². The summed E-state index contributed by atoms with van der Waals surface area (Å²) in [6.45, 7) is 8.06. The summed E-state index contributed by atoms with van der Waals surface area (Å²) in [7, 11) is 1.77. The van der Waals surface area contributed by atoms with E-state index in [1.807, 2.05) is 31.7 Å². The number of urea groups is 1. The van der Waals surface area contributed by atoms with E-state index in [1.165, 1.54) is 6.07 Å². The number of amides is 3. The second-order valence-corrected chi connectivity index (χ2v) is 11.4. The predicted octanol–water partition coefficient (Wildman–Crippen LogP) is 4.29. The van der Waals surface area contributed by atoms with Crippen molar-refractivity contribution in [3.8, 4) is 0 Å². The largest absolute Gasteiger partial charge is 0.444 e. The number of benzene rings is 1. The van der Waals surface area contributed by atoms with Gasteiger partial charge in [0.1, 0.15) is 17.2 Å². The van der Waals surface area contributed by atoms with Crippen LogP contribution in [-0.4, -0.2) is 69.1 Å². The molecule has 10 nitrogen and oxygen atoms in total. The second-order valence-electron chi connectivity index (χ2n) is 11.4. The lowest BCUT2D eigenvalue weighted by molar-refractivity contribution is 0.0106. The molecule has 38 heavy (non-hydrogen) atoms. The molecule has 200 valence electrons. The number of ether oxygens (including phenoxy) is 1. The van der Waals surface area contributed by atoms with Crippen LogP contribution >= 0.6 is 0 Å². The Bertz CT molecular complexity index is 1440. The van der Waals surface area contributed by atoms with Gasteiger partial charge in [-0.15, -0.1) is 0 Å². The fraction of sp³-hybridized carbons (Fsp3) is 0.481. The van der Waals surface area contributed by atoms with Gasteiger partial charge in [-0.1, -0.05) is 0 Å². The maximum atomic E-state index is 14.7. The first-order valence-electron chi connectivity index (χ1n) is 13.0. The Labute approximate surface area is 220 Å². The van der Waals surface area contributed by atoms with Crippen molar-refractivity contribution in [2.75, 3.05) is 41.3 Å². The molecular weight excluding hydrogens is 489 g/mol. The number of hydrogen-bond donors (Lipinski definition) is 1. The van der Waals surface area contributed by atoms with E-state index in [-0.39, 0.29) is 17.3 Å². The van der Waals surface area contributed by atoms with Gasteiger partial charge in [-0.25, -0.2) is 19.0 Å². The highest BCUT2D eigenvalue weighted by Gasteiger charge is 2.54. The van der Waals surface area contributed by atoms with Gasteiger partial charge in [0.15, 0.2) is 0 Å². The van der Waals surface area contributed by atoms with Crippen LogP contribution in [-0.2, 0) is 18.2 Å². The summed E-state index contributed by atoms with van der Waals surface area (Å²) in [6.07, 6.45) is 5.76. The van der Waals surface area contributed by atoms with Gasteiger partial charge in [0.25, 0.3) is 0 Å². The summed E-state index contributed by atoms with van der Waals surface area (Å²) < 4.78 is 22.0. The summed E-state index contributed by atoms with van der Waals surface area (Å²) >= 11 is 0. The van der Waals surface area contributed by atoms with Crippen molar-refractivity contribution >= 4 is 40.2 Å². The molecule has 0 bridgehead atoms. The minimum atomic E-state index is -0.539. The van der Waals surface area contributed by atoms with Crippen molar-refractivity contribution < 1.29 is 18.7 Å². The summed E-state index contributed by atoms with van der Waals surface area (Å²) in [5.74, 6) is 0.0468. The van der Waals surface area contributed by atoms with E-state index in [0.717, 1.165) is 29.5 Å². The molecule has 1 aliphatic carbocycles. The molecule has 1 saturated heterocycles. The number of aromatic nitrogens is 3. The Hall–Kier alpha value is -3.89. The topological polar surface area (TPSA) is 95.8 Å². The van der Waals surface area contributed by atoms with E-state index in [2.05, 4.69) is 20.3 Å². The molecule has 0 unspecified atom stereocenters. The molecule has 1 N–H and O–H groups in total. The third kappa shape index (κ3) is 4.29. The third-order valence-corrected chi connectivity index (χ3v) is 7.48. The first-order valence-corrected chi connectivity index (χ1v) is 13.0. The van der Waals surface area contributed by atoms with Crippen LogP contribution in [0.25, 0.3) is 10.9 Å². The third-order valence-electron chi connectivity index (χ3n) is 7.48. The number of nitrogens with zero attached hydrogens (tertiary/aromatic N) is 6. The molecule has 11 heteroatoms. The van der Waals surface area contributed by atoms with Gasteiger partial charge in [-0.3, -0.25) is 14.5 Å². The van der Waals surface area contributed by atoms with E-state index in [0.29, 0.717) is 43.9 Å². The Balaban J connectivity index is 1.20. The molecule has 3 aliphatic rings. The van der Waals surface area contributed by atoms with Crippen molar-refractivity contribution in [2.45, 2.75) is 51.2 Å². The van der Waals surface area contributed by atoms with E-state index in [4.69, 9.17) is 4.74 Å². The van der Waals surface area contributed by atoms with Gasteiger partial charge in [0.05, 0.1) is 16.7 Å². The fourth-order valence-electron chi connectivity index (χ4n) is 5.57. The highest BCUT2D eigenvalue weighted by Crippen LogP contribution is 2.47. The molecule has 6 rings (SSSR count). The minimum Gasteiger partial charge on any atom is -0.444 e. The van der Waals surface area contributed by atoms with Gasteiger partial charge in [0.2, 0.25) is 0 Å². The number of rotatable bonds is 2. The van der Waals surface area contributed by atoms with Gasteiger partial charge in [-0.05, 0) is 52.2 Å². The second kappa shape index (κ2) is 8.57. The molecule has 1 saturated carbocycles. The zero-order chi connectivity index (χ0) is 26.8. The maximum absolute atomic E-state index is 14.7. The molecule has 2 fully saturated rings. The van der Waals surface area contributed by atoms with Crippen molar-refractivity contribution in [2.24, 2.45) is 7.05 Å². The molecule has 0 atom stereocenters. The molecule has 4 heterocycles. The zero-order valence-electron chi connectivity index (χ0n) is 22.1. The van der Waals surface area contributed by atoms with E-state index < -0.39 is 17.4 Å². The summed E-state index contributed by atoms with van der Waals surface area (Å²) in [4.78, 5) is 36.3. The predicted molar refractivity (Wildman–Crippen MR) is 142 cm³/mol. The Kier molecular flexibility index (Phi) is 5.51. The molecule has 1 spiro atoms. The Morgan fingerprint density at radius 2 is 1.95 bits per heavy atom. The number of hydrogen-bond acceptors (Lipinski definition) is 6. The van der Waals surface area contributed by atoms with Crippen molar-refractivity contribution in [3.05, 3.63) is 42.0 Å². The highest BCUT2D eigenvalue weighted by atomic mass is 19.1. The van der Waals surface area contributed by atoms with Crippen molar-refractivity contribution in [3.63, 3.8) is 0 Å². The standard InChI is InChI=1S/C27H32FN7O3/c1-26(2,3)38-25(37)35-12-11-33(16-27(35)7-8-27)22-5-9-29-23-18(22)6-10-34(23)24(36)30-21-13-17-15-32(4)31-20(17)14-19(21)28/h5,9,13-15H,6-8,10-12,16H2,1-4H3,(H,30,36). The molecule has 3 amide bonds. The molecule has 2 aliphatic heterocycles. The maximum Gasteiger partial charge on any atom is 0.410 e. The van der Waals surface area contributed by atoms with Crippen LogP contribution in [0.4, 0.5) is 31.2 Å². The summed E-state index contributed by atoms with van der Waals surface area (Å²) in [5, 5.41) is 7.67. The minimum absolute atomic E-state index is 0.106. The smallest absolute Gasteiger partial charge is 0.410 e. The number of carbonyl (C=O) groups is 2. The summed E-state index contributed by atoms with van der Waals surface area (Å²) in [6, 6.07) is 4.47. The summed E-state index contributed by atoms with van der Waals surface area (Å²) in [5.41, 5.74) is 1.91. The van der Waals surface area contributed by atoms with Crippen LogP contribution in [0.1, 0.15) is 39.2 Å². The number of halogens is 1. The van der Waals surface area contributed by atoms with Gasteiger partial charge < -0.3 is 15.0 Å². The highest BCUT2D eigenvalue weighted by molar-refractivity contribution is 6.04. The number of anilines is 3. The first-order chi connectivity index (χ1) is 18.0. The van der Waals surface area contributed by atoms with Crippen molar-refractivity contribution in [1.82, 2.24) is 19.7 Å². The van der Waals surface area contributed by atoms with Crippen LogP contribution in [0.2, 0.25) is 0 Å². The number of pyridine rings is 1. The quantitative estimate of drug-likeness (QED) is 0.541. The average Bonchev–Trinajstić information content (AvgIpc) is 3.29. The normalized spacial score (nSPS) is 18.2. The van der Waals surface area contributed by atoms with Crippen LogP contribution in [0.5, 0.6) is 0 Å². The molecule has 2 aromatic heterocycles. The first kappa shape index (κ1) is 24.4. The van der Waals surface area contributed by atoms with E-state index >= 15 is 0 Å². The van der Waals surface area contributed by atoms with E-state index in [9.17, 15) is 14.0 Å².